The molecule has 8 nitrogen and oxygen atoms in total. The smallest absolute Gasteiger partial charge is 0.416 e. The predicted octanol–water partition coefficient (Wildman–Crippen LogP) is 5.27. The lowest BCUT2D eigenvalue weighted by Gasteiger charge is -2.20. The molecular weight excluding hydrogens is 511 g/mol. The summed E-state index contributed by atoms with van der Waals surface area (Å²) in [5.41, 5.74) is 6.00. The molecule has 0 spiro atoms. The summed E-state index contributed by atoms with van der Waals surface area (Å²) in [6.07, 6.45) is -3.58. The summed E-state index contributed by atoms with van der Waals surface area (Å²) >= 11 is 0. The average molecular weight is 538 g/mol. The Balaban J connectivity index is 1.46. The normalized spacial score (nSPS) is 14.8. The summed E-state index contributed by atoms with van der Waals surface area (Å²) in [5, 5.41) is 17.4. The van der Waals surface area contributed by atoms with Crippen molar-refractivity contribution in [1.82, 2.24) is 14.8 Å². The van der Waals surface area contributed by atoms with Crippen molar-refractivity contribution in [3.05, 3.63) is 71.4 Å². The highest BCUT2D eigenvalue weighted by molar-refractivity contribution is 6.03. The number of aliphatic carboxylic acids is 1. The number of nitrogens with two attached hydrogens (primary N) is 1. The molecule has 2 aromatic heterocycles. The van der Waals surface area contributed by atoms with Gasteiger partial charge in [0.05, 0.1) is 22.1 Å². The minimum absolute atomic E-state index is 0.240. The van der Waals surface area contributed by atoms with Gasteiger partial charge in [-0.1, -0.05) is 30.3 Å². The van der Waals surface area contributed by atoms with Gasteiger partial charge in [-0.2, -0.15) is 18.3 Å². The van der Waals surface area contributed by atoms with Crippen molar-refractivity contribution in [2.75, 3.05) is 11.1 Å². The van der Waals surface area contributed by atoms with Crippen molar-refractivity contribution < 1.29 is 27.9 Å². The summed E-state index contributed by atoms with van der Waals surface area (Å²) in [6.45, 7) is 3.12. The van der Waals surface area contributed by atoms with Crippen LogP contribution in [0.25, 0.3) is 22.2 Å². The molecule has 4 aromatic rings. The van der Waals surface area contributed by atoms with E-state index in [1.54, 1.807) is 57.3 Å². The number of carboxylic acids is 1. The predicted molar refractivity (Wildman–Crippen MR) is 140 cm³/mol. The number of alkyl halides is 3. The van der Waals surface area contributed by atoms with Gasteiger partial charge in [-0.25, -0.2) is 9.67 Å². The summed E-state index contributed by atoms with van der Waals surface area (Å²) < 4.78 is 41.1. The van der Waals surface area contributed by atoms with Crippen LogP contribution < -0.4 is 11.1 Å². The van der Waals surface area contributed by atoms with Crippen molar-refractivity contribution in [2.24, 2.45) is 7.05 Å². The lowest BCUT2D eigenvalue weighted by atomic mass is 9.87. The van der Waals surface area contributed by atoms with Crippen LogP contribution in [0.5, 0.6) is 0 Å². The molecular formula is C28H26F3N5O3. The van der Waals surface area contributed by atoms with E-state index in [2.05, 4.69) is 15.4 Å². The van der Waals surface area contributed by atoms with E-state index in [-0.39, 0.29) is 11.7 Å². The van der Waals surface area contributed by atoms with Crippen LogP contribution in [-0.4, -0.2) is 31.7 Å². The first-order valence-corrected chi connectivity index (χ1v) is 12.2. The van der Waals surface area contributed by atoms with Gasteiger partial charge >= 0.3 is 12.1 Å². The molecule has 202 valence electrons. The molecule has 1 fully saturated rings. The van der Waals surface area contributed by atoms with Crippen molar-refractivity contribution >= 4 is 34.4 Å². The number of halogens is 3. The number of aryl methyl sites for hydroxylation is 1. The zero-order chi connectivity index (χ0) is 28.3. The van der Waals surface area contributed by atoms with Crippen LogP contribution >= 0.6 is 0 Å². The Bertz CT molecular complexity index is 1620. The van der Waals surface area contributed by atoms with Gasteiger partial charge in [-0.15, -0.1) is 0 Å². The van der Waals surface area contributed by atoms with Gasteiger partial charge in [0, 0.05) is 12.7 Å². The highest BCUT2D eigenvalue weighted by atomic mass is 19.4. The van der Waals surface area contributed by atoms with Gasteiger partial charge in [-0.3, -0.25) is 9.59 Å². The molecule has 1 amide bonds. The minimum atomic E-state index is -4.49. The van der Waals surface area contributed by atoms with Gasteiger partial charge in [0.1, 0.15) is 5.41 Å². The second-order valence-electron chi connectivity index (χ2n) is 10.4. The molecule has 39 heavy (non-hydrogen) atoms. The Morgan fingerprint density at radius 1 is 1.08 bits per heavy atom. The van der Waals surface area contributed by atoms with Crippen LogP contribution in [0.1, 0.15) is 43.5 Å². The molecule has 0 aliphatic heterocycles. The minimum Gasteiger partial charge on any atom is -0.481 e. The maximum atomic E-state index is 13.2. The number of amides is 1. The van der Waals surface area contributed by atoms with Gasteiger partial charge < -0.3 is 16.2 Å². The third kappa shape index (κ3) is 4.47. The number of aromatic nitrogens is 3. The van der Waals surface area contributed by atoms with Gasteiger partial charge in [-0.05, 0) is 67.6 Å². The van der Waals surface area contributed by atoms with E-state index in [1.165, 1.54) is 10.7 Å². The van der Waals surface area contributed by atoms with E-state index < -0.39 is 28.5 Å². The molecule has 0 bridgehead atoms. The van der Waals surface area contributed by atoms with Crippen LogP contribution in [-0.2, 0) is 33.6 Å². The van der Waals surface area contributed by atoms with Crippen molar-refractivity contribution in [3.8, 4) is 11.1 Å². The van der Waals surface area contributed by atoms with Crippen LogP contribution in [0.2, 0.25) is 0 Å². The van der Waals surface area contributed by atoms with Gasteiger partial charge in [0.25, 0.3) is 0 Å². The molecule has 0 radical (unpaired) electrons. The number of carboxylic acid groups (broad SMARTS) is 1. The highest BCUT2D eigenvalue weighted by Crippen LogP contribution is 2.50. The number of carbonyl (C=O) groups is 2. The van der Waals surface area contributed by atoms with Gasteiger partial charge in [0.2, 0.25) is 5.91 Å². The van der Waals surface area contributed by atoms with Crippen LogP contribution in [0, 0.1) is 0 Å². The summed E-state index contributed by atoms with van der Waals surface area (Å²) in [6, 6.07) is 13.4. The number of anilines is 2. The van der Waals surface area contributed by atoms with E-state index in [1.807, 2.05) is 0 Å². The van der Waals surface area contributed by atoms with Gasteiger partial charge in [0.15, 0.2) is 11.5 Å². The number of pyridine rings is 1. The van der Waals surface area contributed by atoms with Crippen molar-refractivity contribution in [2.45, 2.75) is 43.7 Å². The fourth-order valence-electron chi connectivity index (χ4n) is 4.68. The lowest BCUT2D eigenvalue weighted by molar-refractivity contribution is -0.142. The van der Waals surface area contributed by atoms with E-state index in [4.69, 9.17) is 5.73 Å². The molecule has 2 aromatic carbocycles. The Labute approximate surface area is 221 Å². The molecule has 1 saturated carbocycles. The van der Waals surface area contributed by atoms with Crippen LogP contribution in [0.15, 0.2) is 54.6 Å². The van der Waals surface area contributed by atoms with Crippen molar-refractivity contribution in [1.29, 1.82) is 0 Å². The Morgan fingerprint density at radius 2 is 1.74 bits per heavy atom. The first-order valence-electron chi connectivity index (χ1n) is 12.2. The highest BCUT2D eigenvalue weighted by Gasteiger charge is 2.51. The Hall–Kier alpha value is -4.41. The largest absolute Gasteiger partial charge is 0.481 e. The standard InChI is InChI=1S/C28H26F3N5O3/c1-26(2,25(38)39)20-14-19(21-22(32)35-36(3)23(21)34-20)15-7-9-18(10-8-15)33-24(37)27(11-12-27)16-5-4-6-17(13-16)28(29,30)31/h4-10,13-14H,11-12H2,1-3H3,(H2,32,35)(H,33,37)(H,38,39). The third-order valence-corrected chi connectivity index (χ3v) is 7.38. The van der Waals surface area contributed by atoms with Crippen LogP contribution in [0.4, 0.5) is 24.7 Å². The molecule has 4 N–H and O–H groups in total. The number of carbonyl (C=O) groups excluding carboxylic acids is 1. The molecule has 1 aliphatic rings. The first-order chi connectivity index (χ1) is 18.2. The van der Waals surface area contributed by atoms with E-state index in [9.17, 15) is 27.9 Å². The number of hydrogen-bond acceptors (Lipinski definition) is 5. The molecule has 5 rings (SSSR count). The average Bonchev–Trinajstić information content (AvgIpc) is 3.65. The molecule has 0 saturated heterocycles. The topological polar surface area (TPSA) is 123 Å². The summed E-state index contributed by atoms with van der Waals surface area (Å²) in [7, 11) is 1.67. The third-order valence-electron chi connectivity index (χ3n) is 7.38. The Morgan fingerprint density at radius 3 is 2.33 bits per heavy atom. The summed E-state index contributed by atoms with van der Waals surface area (Å²) in [4.78, 5) is 29.6. The van der Waals surface area contributed by atoms with E-state index in [0.717, 1.165) is 12.1 Å². The molecule has 2 heterocycles. The fraction of sp³-hybridized carbons (Fsp3) is 0.286. The number of nitrogen functional groups attached to an aromatic ring is 1. The maximum absolute atomic E-state index is 13.2. The number of fused-ring (bicyclic) bond motifs is 1. The SMILES string of the molecule is Cn1nc(N)c2c(-c3ccc(NC(=O)C4(c5cccc(C(F)(F)F)c5)CC4)cc3)cc(C(C)(C)C(=O)O)nc21. The zero-order valence-corrected chi connectivity index (χ0v) is 21.4. The quantitative estimate of drug-likeness (QED) is 0.308. The second kappa shape index (κ2) is 8.82. The van der Waals surface area contributed by atoms with Crippen molar-refractivity contribution in [3.63, 3.8) is 0 Å². The summed E-state index contributed by atoms with van der Waals surface area (Å²) in [5.74, 6) is -1.17. The zero-order valence-electron chi connectivity index (χ0n) is 21.4. The molecule has 11 heteroatoms. The monoisotopic (exact) mass is 537 g/mol. The lowest BCUT2D eigenvalue weighted by Crippen LogP contribution is -2.29. The number of benzene rings is 2. The molecule has 1 aliphatic carbocycles. The van der Waals surface area contributed by atoms with E-state index in [0.29, 0.717) is 51.9 Å². The second-order valence-corrected chi connectivity index (χ2v) is 10.4. The number of hydrogen-bond donors (Lipinski definition) is 3. The maximum Gasteiger partial charge on any atom is 0.416 e. The Kier molecular flexibility index (Phi) is 5.93. The van der Waals surface area contributed by atoms with E-state index >= 15 is 0 Å². The van der Waals surface area contributed by atoms with Crippen LogP contribution in [0.3, 0.4) is 0 Å². The molecule has 0 atom stereocenters. The molecule has 0 unspecified atom stereocenters. The number of nitrogens with zero attached hydrogens (tertiary/aromatic N) is 3. The number of rotatable bonds is 6. The number of nitrogens with one attached hydrogen (secondary N) is 1. The fourth-order valence-corrected chi connectivity index (χ4v) is 4.68. The first kappa shape index (κ1) is 26.2.